The molecule has 0 spiro atoms. The van der Waals surface area contributed by atoms with E-state index in [0.29, 0.717) is 23.7 Å². The van der Waals surface area contributed by atoms with Crippen molar-refractivity contribution in [2.75, 3.05) is 13.6 Å². The summed E-state index contributed by atoms with van der Waals surface area (Å²) < 4.78 is 0. The van der Waals surface area contributed by atoms with Crippen LogP contribution in [-0.2, 0) is 4.79 Å². The fourth-order valence-electron chi connectivity index (χ4n) is 4.61. The van der Waals surface area contributed by atoms with E-state index in [4.69, 9.17) is 16.7 Å². The summed E-state index contributed by atoms with van der Waals surface area (Å²) >= 11 is 6.22. The number of hydrogen-bond donors (Lipinski definition) is 2. The maximum absolute atomic E-state index is 11.9. The van der Waals surface area contributed by atoms with Crippen LogP contribution in [0.15, 0.2) is 84.0 Å². The van der Waals surface area contributed by atoms with Crippen molar-refractivity contribution in [3.8, 4) is 11.1 Å². The number of rotatable bonds is 7. The van der Waals surface area contributed by atoms with Crippen molar-refractivity contribution < 1.29 is 19.9 Å². The van der Waals surface area contributed by atoms with Crippen molar-refractivity contribution in [2.24, 2.45) is 11.1 Å². The zero-order valence-electron chi connectivity index (χ0n) is 20.1. The molecule has 0 fully saturated rings. The minimum Gasteiger partial charge on any atom is -0.478 e. The summed E-state index contributed by atoms with van der Waals surface area (Å²) in [7, 11) is 1.73. The van der Waals surface area contributed by atoms with Crippen LogP contribution < -0.4 is 0 Å². The summed E-state index contributed by atoms with van der Waals surface area (Å²) in [5.41, 5.74) is 5.87. The Morgan fingerprint density at radius 2 is 1.72 bits per heavy atom. The van der Waals surface area contributed by atoms with Gasteiger partial charge in [0.25, 0.3) is 0 Å². The fourth-order valence-corrected chi connectivity index (χ4v) is 4.84. The molecule has 0 saturated heterocycles. The number of oxime groups is 1. The number of carboxylic acid groups (broad SMARTS) is 1. The van der Waals surface area contributed by atoms with E-state index in [9.17, 15) is 14.8 Å². The molecule has 3 aromatic rings. The average Bonchev–Trinajstić information content (AvgIpc) is 2.87. The van der Waals surface area contributed by atoms with Crippen LogP contribution in [0.1, 0.15) is 39.4 Å². The number of halogens is 1. The number of benzene rings is 3. The van der Waals surface area contributed by atoms with Gasteiger partial charge in [-0.15, -0.1) is 0 Å². The third kappa shape index (κ3) is 5.50. The van der Waals surface area contributed by atoms with E-state index in [1.807, 2.05) is 49.4 Å². The van der Waals surface area contributed by atoms with Crippen molar-refractivity contribution >= 4 is 29.2 Å². The number of hydrogen-bond acceptors (Lipinski definition) is 4. The van der Waals surface area contributed by atoms with Gasteiger partial charge in [0.2, 0.25) is 5.91 Å². The van der Waals surface area contributed by atoms with Gasteiger partial charge in [-0.3, -0.25) is 4.79 Å². The molecule has 6 nitrogen and oxygen atoms in total. The van der Waals surface area contributed by atoms with Crippen LogP contribution in [0.2, 0.25) is 5.02 Å². The molecule has 7 heteroatoms. The predicted octanol–water partition coefficient (Wildman–Crippen LogP) is 6.01. The number of aryl methyl sites for hydroxylation is 1. The lowest BCUT2D eigenvalue weighted by Crippen LogP contribution is -2.37. The lowest BCUT2D eigenvalue weighted by atomic mass is 9.81. The molecular weight excluding hydrogens is 476 g/mol. The molecule has 2 atom stereocenters. The number of carboxylic acids is 1. The molecule has 2 unspecified atom stereocenters. The molecule has 184 valence electrons. The maximum Gasteiger partial charge on any atom is 0.335 e. The van der Waals surface area contributed by atoms with Crippen LogP contribution in [0.4, 0.5) is 0 Å². The molecule has 36 heavy (non-hydrogen) atoms. The Bertz CT molecular complexity index is 1330. The highest BCUT2D eigenvalue weighted by molar-refractivity contribution is 6.30. The first-order valence-electron chi connectivity index (χ1n) is 11.6. The molecule has 0 radical (unpaired) electrons. The molecular formula is C29H27ClN2O4. The van der Waals surface area contributed by atoms with Gasteiger partial charge >= 0.3 is 5.97 Å². The van der Waals surface area contributed by atoms with Crippen molar-refractivity contribution in [1.29, 1.82) is 0 Å². The van der Waals surface area contributed by atoms with E-state index >= 15 is 0 Å². The minimum absolute atomic E-state index is 0.0689. The monoisotopic (exact) mass is 502 g/mol. The molecule has 4 rings (SSSR count). The Kier molecular flexibility index (Phi) is 7.55. The second-order valence-corrected chi connectivity index (χ2v) is 9.47. The highest BCUT2D eigenvalue weighted by Crippen LogP contribution is 2.35. The highest BCUT2D eigenvalue weighted by Gasteiger charge is 2.27. The van der Waals surface area contributed by atoms with Crippen molar-refractivity contribution in [3.63, 3.8) is 0 Å². The number of nitrogens with zero attached hydrogens (tertiary/aromatic N) is 2. The molecule has 1 aliphatic heterocycles. The maximum atomic E-state index is 11.9. The van der Waals surface area contributed by atoms with Crippen LogP contribution in [0.25, 0.3) is 11.1 Å². The summed E-state index contributed by atoms with van der Waals surface area (Å²) in [6.07, 6.45) is 3.78. The van der Waals surface area contributed by atoms with Gasteiger partial charge in [0.1, 0.15) is 0 Å². The first kappa shape index (κ1) is 25.2. The Labute approximate surface area is 215 Å². The second kappa shape index (κ2) is 10.8. The van der Waals surface area contributed by atoms with Gasteiger partial charge in [-0.2, -0.15) is 0 Å². The normalized spacial score (nSPS) is 16.8. The van der Waals surface area contributed by atoms with Gasteiger partial charge in [0.15, 0.2) is 0 Å². The van der Waals surface area contributed by atoms with Crippen molar-refractivity contribution in [1.82, 2.24) is 4.90 Å². The predicted molar refractivity (Wildman–Crippen MR) is 141 cm³/mol. The van der Waals surface area contributed by atoms with Gasteiger partial charge in [-0.25, -0.2) is 4.79 Å². The number of aromatic carboxylic acids is 1. The first-order chi connectivity index (χ1) is 17.3. The van der Waals surface area contributed by atoms with Gasteiger partial charge < -0.3 is 15.2 Å². The van der Waals surface area contributed by atoms with E-state index in [2.05, 4.69) is 5.16 Å². The molecule has 1 aliphatic rings. The first-order valence-corrected chi connectivity index (χ1v) is 12.0. The largest absolute Gasteiger partial charge is 0.478 e. The standard InChI is InChI=1S/C29H27ClN2O4/c1-18-15-24(30)12-13-25(18)26(16-27(31-36)23-11-14-28(33)32(2)17-23)21-7-3-19(4-8-21)20-5-9-22(10-6-20)29(34)35/h3-15,23,26,36H,16-17H2,1-2H3,(H,34,35)/b31-27+. The van der Waals surface area contributed by atoms with Crippen molar-refractivity contribution in [2.45, 2.75) is 19.3 Å². The Balaban J connectivity index is 1.68. The fraction of sp³-hybridized carbons (Fsp3) is 0.207. The molecule has 3 aromatic carbocycles. The molecule has 0 aromatic heterocycles. The summed E-state index contributed by atoms with van der Waals surface area (Å²) in [6, 6.07) is 20.7. The number of carbonyl (C=O) groups is 2. The Hall–Kier alpha value is -3.90. The summed E-state index contributed by atoms with van der Waals surface area (Å²) in [5, 5.41) is 23.4. The molecule has 0 bridgehead atoms. The van der Waals surface area contributed by atoms with E-state index in [0.717, 1.165) is 27.8 Å². The molecule has 0 saturated carbocycles. The zero-order valence-corrected chi connectivity index (χ0v) is 20.8. The number of amides is 1. The summed E-state index contributed by atoms with van der Waals surface area (Å²) in [4.78, 5) is 24.7. The topological polar surface area (TPSA) is 90.2 Å². The van der Waals surface area contributed by atoms with Crippen LogP contribution in [0.3, 0.4) is 0 Å². The smallest absolute Gasteiger partial charge is 0.335 e. The van der Waals surface area contributed by atoms with Crippen LogP contribution in [-0.4, -0.2) is 46.4 Å². The summed E-state index contributed by atoms with van der Waals surface area (Å²) in [6.45, 7) is 2.46. The van der Waals surface area contributed by atoms with Gasteiger partial charge in [-0.1, -0.05) is 65.3 Å². The van der Waals surface area contributed by atoms with Gasteiger partial charge in [0, 0.05) is 36.9 Å². The highest BCUT2D eigenvalue weighted by atomic mass is 35.5. The van der Waals surface area contributed by atoms with E-state index in [-0.39, 0.29) is 23.3 Å². The SMILES string of the molecule is Cc1cc(Cl)ccc1C(C/C(=N\O)C1C=CC(=O)N(C)C1)c1ccc(-c2ccc(C(=O)O)cc2)cc1. The zero-order chi connectivity index (χ0) is 25.8. The quantitative estimate of drug-likeness (QED) is 0.235. The van der Waals surface area contributed by atoms with E-state index in [1.54, 1.807) is 42.3 Å². The Morgan fingerprint density at radius 3 is 2.28 bits per heavy atom. The second-order valence-electron chi connectivity index (χ2n) is 9.04. The van der Waals surface area contributed by atoms with Crippen LogP contribution >= 0.6 is 11.6 Å². The summed E-state index contributed by atoms with van der Waals surface area (Å²) in [5.74, 6) is -1.31. The minimum atomic E-state index is -0.956. The van der Waals surface area contributed by atoms with E-state index in [1.165, 1.54) is 6.08 Å². The third-order valence-electron chi connectivity index (χ3n) is 6.67. The third-order valence-corrected chi connectivity index (χ3v) is 6.91. The van der Waals surface area contributed by atoms with Gasteiger partial charge in [0.05, 0.1) is 11.3 Å². The average molecular weight is 503 g/mol. The van der Waals surface area contributed by atoms with Crippen molar-refractivity contribution in [3.05, 3.63) is 106 Å². The van der Waals surface area contributed by atoms with Crippen LogP contribution in [0, 0.1) is 12.8 Å². The molecule has 1 heterocycles. The molecule has 0 aliphatic carbocycles. The lowest BCUT2D eigenvalue weighted by molar-refractivity contribution is -0.125. The molecule has 2 N–H and O–H groups in total. The Morgan fingerprint density at radius 1 is 1.08 bits per heavy atom. The van der Waals surface area contributed by atoms with E-state index < -0.39 is 5.97 Å². The lowest BCUT2D eigenvalue weighted by Gasteiger charge is -2.28. The molecule has 1 amide bonds. The van der Waals surface area contributed by atoms with Gasteiger partial charge in [-0.05, 0) is 65.1 Å². The van der Waals surface area contributed by atoms with Crippen LogP contribution in [0.5, 0.6) is 0 Å². The number of likely N-dealkylation sites (N-methyl/N-ethyl adjacent to an activating group) is 1. The number of carbonyl (C=O) groups excluding carboxylic acids is 1.